The van der Waals surface area contributed by atoms with Crippen molar-refractivity contribution in [2.24, 2.45) is 17.1 Å². The van der Waals surface area contributed by atoms with Crippen LogP contribution in [0.15, 0.2) is 29.0 Å². The molecule has 1 amide bonds. The Morgan fingerprint density at radius 1 is 1.12 bits per heavy atom. The highest BCUT2D eigenvalue weighted by molar-refractivity contribution is 6.23. The van der Waals surface area contributed by atoms with Gasteiger partial charge in [-0.05, 0) is 42.7 Å². The van der Waals surface area contributed by atoms with Crippen molar-refractivity contribution in [1.29, 1.82) is 0 Å². The van der Waals surface area contributed by atoms with Gasteiger partial charge < -0.3 is 35.6 Å². The van der Waals surface area contributed by atoms with Gasteiger partial charge in [-0.2, -0.15) is 0 Å². The van der Waals surface area contributed by atoms with Crippen LogP contribution in [0.4, 0.5) is 0 Å². The zero-order valence-corrected chi connectivity index (χ0v) is 23.5. The molecule has 10 heteroatoms. The highest BCUT2D eigenvalue weighted by Crippen LogP contribution is 2.66. The zero-order valence-electron chi connectivity index (χ0n) is 23.5. The number of allylic oxidation sites excluding steroid dienone is 2. The summed E-state index contributed by atoms with van der Waals surface area (Å²) in [6, 6.07) is 1.42. The monoisotopic (exact) mass is 563 g/mol. The lowest BCUT2D eigenvalue weighted by molar-refractivity contribution is -0.131. The quantitative estimate of drug-likeness (QED) is 0.277. The Balaban J connectivity index is 1.78. The highest BCUT2D eigenvalue weighted by atomic mass is 16.5. The number of nitrogens with two attached hydrogens (primary N) is 1. The molecular weight excluding hydrogens is 530 g/mol. The molecule has 0 saturated carbocycles. The van der Waals surface area contributed by atoms with Crippen molar-refractivity contribution in [3.8, 4) is 17.2 Å². The van der Waals surface area contributed by atoms with Gasteiger partial charge in [0.1, 0.15) is 28.6 Å². The predicted octanol–water partition coefficient (Wildman–Crippen LogP) is 3.32. The minimum absolute atomic E-state index is 0.0105. The zero-order chi connectivity index (χ0) is 30.0. The average Bonchev–Trinajstić information content (AvgIpc) is 3.26. The third-order valence-electron chi connectivity index (χ3n) is 10.3. The number of primary amides is 1. The summed E-state index contributed by atoms with van der Waals surface area (Å²) in [5.74, 6) is -6.20. The van der Waals surface area contributed by atoms with Crippen LogP contribution in [0.25, 0.3) is 10.8 Å². The van der Waals surface area contributed by atoms with Gasteiger partial charge in [-0.25, -0.2) is 0 Å². The van der Waals surface area contributed by atoms with Crippen LogP contribution in [0.3, 0.4) is 0 Å². The number of phenols is 2. The number of hydrogen-bond donors (Lipinski definition) is 5. The third-order valence-corrected chi connectivity index (χ3v) is 10.3. The molecule has 0 fully saturated rings. The fourth-order valence-electron chi connectivity index (χ4n) is 8.35. The van der Waals surface area contributed by atoms with E-state index in [1.165, 1.54) is 20.3 Å². The smallest absolute Gasteiger partial charge is 0.255 e. The highest BCUT2D eigenvalue weighted by Gasteiger charge is 2.64. The van der Waals surface area contributed by atoms with E-state index in [4.69, 9.17) is 15.2 Å². The Morgan fingerprint density at radius 3 is 2.39 bits per heavy atom. The molecule has 0 radical (unpaired) electrons. The first-order valence-electron chi connectivity index (χ1n) is 13.6. The number of ketones is 2. The van der Waals surface area contributed by atoms with Crippen LogP contribution in [-0.2, 0) is 26.2 Å². The molecule has 2 aromatic carbocycles. The first-order valence-corrected chi connectivity index (χ1v) is 13.6. The lowest BCUT2D eigenvalue weighted by Gasteiger charge is -2.49. The van der Waals surface area contributed by atoms with Gasteiger partial charge in [0.2, 0.25) is 5.78 Å². The summed E-state index contributed by atoms with van der Waals surface area (Å²) in [6.07, 6.45) is 2.60. The van der Waals surface area contributed by atoms with Crippen LogP contribution < -0.4 is 10.5 Å². The number of aliphatic hydroxyl groups is 2. The lowest BCUT2D eigenvalue weighted by Crippen LogP contribution is -2.58. The van der Waals surface area contributed by atoms with Crippen molar-refractivity contribution in [3.05, 3.63) is 51.3 Å². The number of ether oxygens (including phenoxy) is 2. The van der Waals surface area contributed by atoms with E-state index in [0.717, 1.165) is 24.0 Å². The molecule has 0 saturated heterocycles. The molecule has 1 spiro atoms. The molecule has 2 aromatic rings. The number of hydrogen-bond acceptors (Lipinski definition) is 9. The van der Waals surface area contributed by atoms with E-state index in [2.05, 4.69) is 19.9 Å². The van der Waals surface area contributed by atoms with Crippen molar-refractivity contribution in [2.45, 2.75) is 63.6 Å². The summed E-state index contributed by atoms with van der Waals surface area (Å²) in [7, 11) is 2.86. The number of fused-ring (bicyclic) bond motifs is 4. The van der Waals surface area contributed by atoms with Crippen LogP contribution in [0, 0.1) is 11.3 Å². The van der Waals surface area contributed by atoms with Gasteiger partial charge in [0.15, 0.2) is 11.4 Å². The number of aromatic hydroxyl groups is 2. The molecule has 4 aliphatic carbocycles. The van der Waals surface area contributed by atoms with Crippen molar-refractivity contribution >= 4 is 28.2 Å². The van der Waals surface area contributed by atoms with Gasteiger partial charge in [0, 0.05) is 41.9 Å². The van der Waals surface area contributed by atoms with E-state index in [9.17, 15) is 34.8 Å². The number of methoxy groups -OCH3 is 2. The van der Waals surface area contributed by atoms with E-state index in [0.29, 0.717) is 23.1 Å². The van der Waals surface area contributed by atoms with Gasteiger partial charge in [-0.3, -0.25) is 14.4 Å². The predicted molar refractivity (Wildman–Crippen MR) is 147 cm³/mol. The summed E-state index contributed by atoms with van der Waals surface area (Å²) in [4.78, 5) is 39.2. The van der Waals surface area contributed by atoms with Gasteiger partial charge >= 0.3 is 0 Å². The third kappa shape index (κ3) is 2.96. The maximum atomic E-state index is 14.2. The summed E-state index contributed by atoms with van der Waals surface area (Å²) in [5, 5.41) is 46.3. The van der Waals surface area contributed by atoms with E-state index in [1.807, 2.05) is 6.92 Å². The van der Waals surface area contributed by atoms with E-state index >= 15 is 0 Å². The van der Waals surface area contributed by atoms with Crippen LogP contribution in [0.2, 0.25) is 0 Å². The topological polar surface area (TPSA) is 177 Å². The molecule has 216 valence electrons. The van der Waals surface area contributed by atoms with E-state index in [-0.39, 0.29) is 27.7 Å². The Hall–Kier alpha value is -3.89. The second kappa shape index (κ2) is 8.33. The molecule has 0 aromatic heterocycles. The minimum atomic E-state index is -2.77. The summed E-state index contributed by atoms with van der Waals surface area (Å²) in [6.45, 7) is 6.36. The van der Waals surface area contributed by atoms with Gasteiger partial charge in [0.05, 0.1) is 24.2 Å². The van der Waals surface area contributed by atoms with Gasteiger partial charge in [-0.15, -0.1) is 0 Å². The SMILES string of the molecule is COc1cc(O)c2c(O)c3c(c4c2c1[C@]1(C4)C(C)=CCCC1(C)C)[C@@H](OC)[C@@H]1CC(=O)C(C(N)=O)=C(O)[C@]1(O)C3=O. The molecule has 6 N–H and O–H groups in total. The molecule has 0 bridgehead atoms. The first-order chi connectivity index (χ1) is 19.2. The largest absolute Gasteiger partial charge is 0.508 e. The maximum absolute atomic E-state index is 14.2. The number of aliphatic hydroxyl groups excluding tert-OH is 1. The Labute approximate surface area is 236 Å². The minimum Gasteiger partial charge on any atom is -0.508 e. The first kappa shape index (κ1) is 27.3. The van der Waals surface area contributed by atoms with Gasteiger partial charge in [-0.1, -0.05) is 25.5 Å². The van der Waals surface area contributed by atoms with Crippen molar-refractivity contribution in [1.82, 2.24) is 0 Å². The molecule has 0 heterocycles. The van der Waals surface area contributed by atoms with Crippen LogP contribution >= 0.6 is 0 Å². The molecule has 6 rings (SSSR count). The number of amides is 1. The normalized spacial score (nSPS) is 30.0. The lowest BCUT2D eigenvalue weighted by atomic mass is 9.54. The number of benzene rings is 2. The second-order valence-corrected chi connectivity index (χ2v) is 12.3. The molecule has 4 atom stereocenters. The molecule has 0 unspecified atom stereocenters. The van der Waals surface area contributed by atoms with Crippen molar-refractivity contribution in [3.63, 3.8) is 0 Å². The Kier molecular flexibility index (Phi) is 5.54. The van der Waals surface area contributed by atoms with Gasteiger partial charge in [0.25, 0.3) is 5.91 Å². The standard InChI is InChI=1S/C31H33NO9/c1-12-7-6-8-29(2,3)30(12)11-13-18-20(16(34)10-17(40-4)23(18)30)24(35)22-19(13)25(41-5)14-9-15(33)21(28(32)38)26(36)31(14,39)27(22)37/h7,10,14,25,34-36,39H,6,8-9,11H2,1-5H3,(H2,32,38)/t14-,25-,30-,31-/m0/s1. The number of phenolic OH excluding ortho intramolecular Hbond substituents is 2. The number of carbonyl (C=O) groups excluding carboxylic acids is 3. The number of rotatable bonds is 3. The summed E-state index contributed by atoms with van der Waals surface area (Å²) >= 11 is 0. The van der Waals surface area contributed by atoms with Crippen LogP contribution in [0.1, 0.15) is 73.2 Å². The molecule has 10 nitrogen and oxygen atoms in total. The maximum Gasteiger partial charge on any atom is 0.255 e. The molecule has 4 aliphatic rings. The number of carbonyl (C=O) groups is 3. The molecule has 41 heavy (non-hydrogen) atoms. The van der Waals surface area contributed by atoms with Crippen molar-refractivity contribution < 1.29 is 44.3 Å². The summed E-state index contributed by atoms with van der Waals surface area (Å²) < 4.78 is 11.7. The van der Waals surface area contributed by atoms with E-state index < -0.39 is 64.0 Å². The number of Topliss-reactive ketones (excluding diaryl/α,β-unsaturated/α-hetero) is 2. The van der Waals surface area contributed by atoms with E-state index in [1.54, 1.807) is 0 Å². The second-order valence-electron chi connectivity index (χ2n) is 12.3. The summed E-state index contributed by atoms with van der Waals surface area (Å²) in [5.41, 5.74) is 3.16. The molecular formula is C31H33NO9. The fraction of sp³-hybridized carbons (Fsp3) is 0.452. The Bertz CT molecular complexity index is 1680. The molecule has 0 aliphatic heterocycles. The Morgan fingerprint density at radius 2 is 1.80 bits per heavy atom. The average molecular weight is 564 g/mol. The van der Waals surface area contributed by atoms with Crippen LogP contribution in [-0.4, -0.2) is 57.7 Å². The van der Waals surface area contributed by atoms with Crippen LogP contribution in [0.5, 0.6) is 17.2 Å². The fourth-order valence-corrected chi connectivity index (χ4v) is 8.35. The van der Waals surface area contributed by atoms with Crippen molar-refractivity contribution in [2.75, 3.05) is 14.2 Å².